The predicted octanol–water partition coefficient (Wildman–Crippen LogP) is 5.10. The van der Waals surface area contributed by atoms with Gasteiger partial charge in [0.15, 0.2) is 5.16 Å². The highest BCUT2D eigenvalue weighted by Gasteiger charge is 2.15. The quantitative estimate of drug-likeness (QED) is 0.143. The Balaban J connectivity index is 1.38. The predicted molar refractivity (Wildman–Crippen MR) is 149 cm³/mol. The van der Waals surface area contributed by atoms with E-state index in [1.807, 2.05) is 79.7 Å². The Hall–Kier alpha value is -4.43. The summed E-state index contributed by atoms with van der Waals surface area (Å²) >= 11 is 1.18. The van der Waals surface area contributed by atoms with Crippen LogP contribution >= 0.6 is 11.8 Å². The van der Waals surface area contributed by atoms with Crippen LogP contribution in [-0.4, -0.2) is 34.5 Å². The van der Waals surface area contributed by atoms with Gasteiger partial charge < -0.3 is 4.74 Å². The number of aromatic nitrogens is 2. The number of carbonyl (C=O) groups is 1. The molecule has 1 amide bonds. The third-order valence-corrected chi connectivity index (χ3v) is 6.84. The fraction of sp³-hybridized carbons (Fsp3) is 0.103. The number of hydrogen-bond donors (Lipinski definition) is 1. The smallest absolute Gasteiger partial charge is 0.266 e. The van der Waals surface area contributed by atoms with Crippen LogP contribution in [0.15, 0.2) is 100.0 Å². The van der Waals surface area contributed by atoms with Crippen LogP contribution in [0.25, 0.3) is 27.4 Å². The van der Waals surface area contributed by atoms with Crippen molar-refractivity contribution in [1.82, 2.24) is 15.0 Å². The number of methoxy groups -OCH3 is 1. The van der Waals surface area contributed by atoms with Crippen molar-refractivity contribution in [1.29, 1.82) is 0 Å². The molecule has 5 rings (SSSR count). The van der Waals surface area contributed by atoms with E-state index in [-0.39, 0.29) is 17.2 Å². The number of hydrazone groups is 1. The summed E-state index contributed by atoms with van der Waals surface area (Å²) in [6.07, 6.45) is 1.58. The van der Waals surface area contributed by atoms with E-state index in [0.29, 0.717) is 27.5 Å². The van der Waals surface area contributed by atoms with Gasteiger partial charge >= 0.3 is 0 Å². The normalized spacial score (nSPS) is 11.3. The molecule has 37 heavy (non-hydrogen) atoms. The first-order valence-corrected chi connectivity index (χ1v) is 12.6. The number of para-hydroxylation sites is 1. The molecule has 0 aliphatic heterocycles. The highest BCUT2D eigenvalue weighted by molar-refractivity contribution is 7.99. The zero-order valence-corrected chi connectivity index (χ0v) is 21.2. The molecule has 1 N–H and O–H groups in total. The molecule has 0 fully saturated rings. The van der Waals surface area contributed by atoms with Crippen molar-refractivity contribution in [3.63, 3.8) is 0 Å². The Morgan fingerprint density at radius 3 is 2.51 bits per heavy atom. The molecule has 0 spiro atoms. The molecule has 7 nitrogen and oxygen atoms in total. The Kier molecular flexibility index (Phi) is 7.00. The summed E-state index contributed by atoms with van der Waals surface area (Å²) in [7, 11) is 1.60. The number of nitrogens with one attached hydrogen (secondary N) is 1. The molecule has 1 heterocycles. The van der Waals surface area contributed by atoms with Crippen molar-refractivity contribution in [3.8, 4) is 11.4 Å². The van der Waals surface area contributed by atoms with Crippen molar-refractivity contribution in [2.45, 2.75) is 12.1 Å². The van der Waals surface area contributed by atoms with Gasteiger partial charge in [-0.25, -0.2) is 10.4 Å². The first-order chi connectivity index (χ1) is 18.0. The maximum atomic E-state index is 13.3. The summed E-state index contributed by atoms with van der Waals surface area (Å²) in [5.74, 6) is 0.368. The Bertz CT molecular complexity index is 1690. The lowest BCUT2D eigenvalue weighted by atomic mass is 10.0. The molecule has 0 saturated carbocycles. The molecule has 5 aromatic rings. The largest absolute Gasteiger partial charge is 0.496 e. The maximum absolute atomic E-state index is 13.3. The second kappa shape index (κ2) is 10.7. The van der Waals surface area contributed by atoms with E-state index in [4.69, 9.17) is 4.74 Å². The van der Waals surface area contributed by atoms with Gasteiger partial charge in [0.25, 0.3) is 11.5 Å². The van der Waals surface area contributed by atoms with E-state index < -0.39 is 0 Å². The van der Waals surface area contributed by atoms with Crippen LogP contribution in [0.3, 0.4) is 0 Å². The first kappa shape index (κ1) is 24.3. The number of fused-ring (bicyclic) bond motifs is 2. The molecular weight excluding hydrogens is 484 g/mol. The number of carbonyl (C=O) groups excluding carboxylic acids is 1. The molecule has 4 aromatic carbocycles. The van der Waals surface area contributed by atoms with Crippen LogP contribution in [0.1, 0.15) is 11.1 Å². The topological polar surface area (TPSA) is 85.6 Å². The Morgan fingerprint density at radius 1 is 1.00 bits per heavy atom. The maximum Gasteiger partial charge on any atom is 0.266 e. The lowest BCUT2D eigenvalue weighted by molar-refractivity contribution is -0.118. The number of thioether (sulfide) groups is 1. The standard InChI is InChI=1S/C29H24N4O3S/c1-19-11-14-21(15-12-19)33-28(35)23-9-5-6-10-25(23)31-29(33)37-18-27(34)32-30-17-24-22-8-4-3-7-20(22)13-16-26(24)36-2/h3-17H,18H2,1-2H3,(H,32,34)/b30-17+. The summed E-state index contributed by atoms with van der Waals surface area (Å²) in [4.78, 5) is 30.7. The zero-order chi connectivity index (χ0) is 25.8. The average Bonchev–Trinajstić information content (AvgIpc) is 2.93. The van der Waals surface area contributed by atoms with Crippen LogP contribution in [0.4, 0.5) is 0 Å². The van der Waals surface area contributed by atoms with E-state index in [1.54, 1.807) is 30.0 Å². The molecule has 0 radical (unpaired) electrons. The summed E-state index contributed by atoms with van der Waals surface area (Å²) in [6, 6.07) is 26.6. The molecule has 0 aliphatic carbocycles. The second-order valence-corrected chi connectivity index (χ2v) is 9.31. The monoisotopic (exact) mass is 508 g/mol. The van der Waals surface area contributed by atoms with Crippen LogP contribution in [0, 0.1) is 6.92 Å². The van der Waals surface area contributed by atoms with Crippen molar-refractivity contribution < 1.29 is 9.53 Å². The number of amides is 1. The number of aryl methyl sites for hydroxylation is 1. The lowest BCUT2D eigenvalue weighted by Gasteiger charge is -2.13. The van der Waals surface area contributed by atoms with Crippen LogP contribution in [-0.2, 0) is 4.79 Å². The molecule has 0 atom stereocenters. The minimum Gasteiger partial charge on any atom is -0.496 e. The van der Waals surface area contributed by atoms with Crippen molar-refractivity contribution in [2.24, 2.45) is 5.10 Å². The van der Waals surface area contributed by atoms with Gasteiger partial charge in [-0.2, -0.15) is 5.10 Å². The van der Waals surface area contributed by atoms with Gasteiger partial charge in [0.2, 0.25) is 0 Å². The van der Waals surface area contributed by atoms with Gasteiger partial charge in [0.05, 0.1) is 35.7 Å². The van der Waals surface area contributed by atoms with Crippen molar-refractivity contribution in [2.75, 3.05) is 12.9 Å². The summed E-state index contributed by atoms with van der Waals surface area (Å²) in [5, 5.41) is 7.13. The van der Waals surface area contributed by atoms with Gasteiger partial charge in [0.1, 0.15) is 5.75 Å². The molecule has 1 aromatic heterocycles. The molecule has 0 saturated heterocycles. The third-order valence-electron chi connectivity index (χ3n) is 5.90. The van der Waals surface area contributed by atoms with E-state index in [0.717, 1.165) is 21.9 Å². The van der Waals surface area contributed by atoms with Crippen molar-refractivity contribution >= 4 is 45.6 Å². The second-order valence-electron chi connectivity index (χ2n) is 8.37. The Labute approximate surface area is 217 Å². The zero-order valence-electron chi connectivity index (χ0n) is 20.3. The molecule has 0 unspecified atom stereocenters. The number of nitrogens with zero attached hydrogens (tertiary/aromatic N) is 3. The van der Waals surface area contributed by atoms with E-state index >= 15 is 0 Å². The lowest BCUT2D eigenvalue weighted by Crippen LogP contribution is -2.24. The highest BCUT2D eigenvalue weighted by Crippen LogP contribution is 2.26. The number of benzene rings is 4. The summed E-state index contributed by atoms with van der Waals surface area (Å²) in [6.45, 7) is 1.99. The van der Waals surface area contributed by atoms with Gasteiger partial charge in [-0.15, -0.1) is 0 Å². The SMILES string of the molecule is COc1ccc2ccccc2c1/C=N/NC(=O)CSc1nc2ccccc2c(=O)n1-c1ccc(C)cc1. The van der Waals surface area contributed by atoms with E-state index in [1.165, 1.54) is 11.8 Å². The summed E-state index contributed by atoms with van der Waals surface area (Å²) < 4.78 is 7.02. The molecule has 8 heteroatoms. The first-order valence-electron chi connectivity index (χ1n) is 11.6. The van der Waals surface area contributed by atoms with Crippen LogP contribution < -0.4 is 15.7 Å². The van der Waals surface area contributed by atoms with E-state index in [2.05, 4.69) is 15.5 Å². The van der Waals surface area contributed by atoms with Gasteiger partial charge in [0, 0.05) is 5.56 Å². The van der Waals surface area contributed by atoms with Crippen LogP contribution in [0.2, 0.25) is 0 Å². The molecular formula is C29H24N4O3S. The third kappa shape index (κ3) is 5.10. The number of hydrogen-bond acceptors (Lipinski definition) is 6. The molecule has 0 aliphatic rings. The van der Waals surface area contributed by atoms with Gasteiger partial charge in [-0.05, 0) is 48.0 Å². The minimum absolute atomic E-state index is 0.0284. The molecule has 184 valence electrons. The average molecular weight is 509 g/mol. The van der Waals surface area contributed by atoms with E-state index in [9.17, 15) is 9.59 Å². The molecule has 0 bridgehead atoms. The van der Waals surface area contributed by atoms with Crippen LogP contribution in [0.5, 0.6) is 5.75 Å². The number of ether oxygens (including phenoxy) is 1. The number of rotatable bonds is 7. The fourth-order valence-electron chi connectivity index (χ4n) is 4.05. The highest BCUT2D eigenvalue weighted by atomic mass is 32.2. The Morgan fingerprint density at radius 2 is 1.73 bits per heavy atom. The minimum atomic E-state index is -0.321. The van der Waals surface area contributed by atoms with Gasteiger partial charge in [-0.3, -0.25) is 14.2 Å². The van der Waals surface area contributed by atoms with Gasteiger partial charge in [-0.1, -0.05) is 71.9 Å². The van der Waals surface area contributed by atoms with Crippen molar-refractivity contribution in [3.05, 3.63) is 106 Å². The fourth-order valence-corrected chi connectivity index (χ4v) is 4.85. The summed E-state index contributed by atoms with van der Waals surface area (Å²) in [5.41, 5.74) is 5.53.